The number of carbonyl (C=O) groups excluding carboxylic acids is 2. The Bertz CT molecular complexity index is 975. The topological polar surface area (TPSA) is 113 Å². The summed E-state index contributed by atoms with van der Waals surface area (Å²) < 4.78 is 0. The molecule has 0 saturated carbocycles. The fourth-order valence-corrected chi connectivity index (χ4v) is 2.54. The molecule has 2 amide bonds. The van der Waals surface area contributed by atoms with E-state index in [1.807, 2.05) is 0 Å². The number of hydrogen-bond acceptors (Lipinski definition) is 4. The van der Waals surface area contributed by atoms with Crippen molar-refractivity contribution in [3.63, 3.8) is 0 Å². The number of carboxylic acid groups (broad SMARTS) is 1. The maximum absolute atomic E-state index is 12.7. The van der Waals surface area contributed by atoms with Gasteiger partial charge in [0.05, 0.1) is 22.5 Å². The number of anilines is 1. The second-order valence-electron chi connectivity index (χ2n) is 5.70. The molecule has 7 heteroatoms. The summed E-state index contributed by atoms with van der Waals surface area (Å²) >= 11 is 0. The van der Waals surface area contributed by atoms with E-state index in [1.165, 1.54) is 17.1 Å². The van der Waals surface area contributed by atoms with Crippen LogP contribution in [0.3, 0.4) is 0 Å². The zero-order valence-corrected chi connectivity index (χ0v) is 13.8. The second-order valence-corrected chi connectivity index (χ2v) is 5.70. The van der Waals surface area contributed by atoms with Crippen LogP contribution in [0.25, 0.3) is 6.08 Å². The first kappa shape index (κ1) is 17.1. The molecule has 0 fully saturated rings. The molecule has 0 aromatic heterocycles. The lowest BCUT2D eigenvalue weighted by Gasteiger charge is -2.12. The van der Waals surface area contributed by atoms with Crippen molar-refractivity contribution in [3.05, 3.63) is 70.8 Å². The van der Waals surface area contributed by atoms with Crippen LogP contribution in [0.4, 0.5) is 5.69 Å². The predicted octanol–water partition coefficient (Wildman–Crippen LogP) is 2.29. The van der Waals surface area contributed by atoms with Gasteiger partial charge in [-0.1, -0.05) is 18.2 Å². The van der Waals surface area contributed by atoms with Crippen LogP contribution >= 0.6 is 0 Å². The molecule has 3 rings (SSSR count). The Kier molecular flexibility index (Phi) is 4.36. The summed E-state index contributed by atoms with van der Waals surface area (Å²) in [5.74, 6) is -1.96. The SMILES string of the molecule is CC1=NN(c2cccc(C(=O)O)c2)C(=O)/C1=C/c1ccc(C(N)=O)cc1. The van der Waals surface area contributed by atoms with Crippen molar-refractivity contribution < 1.29 is 19.5 Å². The third-order valence-electron chi connectivity index (χ3n) is 3.91. The summed E-state index contributed by atoms with van der Waals surface area (Å²) in [7, 11) is 0. The summed E-state index contributed by atoms with van der Waals surface area (Å²) in [5, 5.41) is 14.5. The first-order valence-electron chi connectivity index (χ1n) is 7.72. The van der Waals surface area contributed by atoms with E-state index in [2.05, 4.69) is 5.10 Å². The van der Waals surface area contributed by atoms with Gasteiger partial charge in [-0.15, -0.1) is 0 Å². The van der Waals surface area contributed by atoms with Gasteiger partial charge in [0.1, 0.15) is 0 Å². The van der Waals surface area contributed by atoms with Crippen molar-refractivity contribution in [2.24, 2.45) is 10.8 Å². The van der Waals surface area contributed by atoms with Gasteiger partial charge in [-0.2, -0.15) is 10.1 Å². The molecule has 7 nitrogen and oxygen atoms in total. The Morgan fingerprint density at radius 2 is 1.81 bits per heavy atom. The Morgan fingerprint density at radius 3 is 2.42 bits per heavy atom. The number of nitrogens with zero attached hydrogens (tertiary/aromatic N) is 2. The van der Waals surface area contributed by atoms with Crippen molar-refractivity contribution in [1.82, 2.24) is 0 Å². The number of carbonyl (C=O) groups is 3. The molecule has 1 heterocycles. The van der Waals surface area contributed by atoms with Crippen LogP contribution in [0.1, 0.15) is 33.2 Å². The summed E-state index contributed by atoms with van der Waals surface area (Å²) in [4.78, 5) is 34.9. The number of amides is 2. The van der Waals surface area contributed by atoms with Crippen molar-refractivity contribution in [2.75, 3.05) is 5.01 Å². The summed E-state index contributed by atoms with van der Waals surface area (Å²) in [6.07, 6.45) is 1.66. The molecular weight excluding hydrogens is 334 g/mol. The van der Waals surface area contributed by atoms with Gasteiger partial charge in [0.2, 0.25) is 5.91 Å². The lowest BCUT2D eigenvalue weighted by Crippen LogP contribution is -2.21. The molecule has 0 aliphatic carbocycles. The van der Waals surface area contributed by atoms with Crippen molar-refractivity contribution in [3.8, 4) is 0 Å². The van der Waals surface area contributed by atoms with Crippen LogP contribution in [-0.4, -0.2) is 28.6 Å². The van der Waals surface area contributed by atoms with Crippen molar-refractivity contribution >= 4 is 35.3 Å². The van der Waals surface area contributed by atoms with Gasteiger partial charge in [-0.25, -0.2) is 4.79 Å². The number of benzene rings is 2. The van der Waals surface area contributed by atoms with Gasteiger partial charge in [0.15, 0.2) is 0 Å². The molecule has 0 unspecified atom stereocenters. The van der Waals surface area contributed by atoms with Gasteiger partial charge >= 0.3 is 5.97 Å². The van der Waals surface area contributed by atoms with Gasteiger partial charge in [-0.05, 0) is 48.9 Å². The minimum Gasteiger partial charge on any atom is -0.478 e. The zero-order chi connectivity index (χ0) is 18.8. The van der Waals surface area contributed by atoms with Gasteiger partial charge < -0.3 is 10.8 Å². The zero-order valence-electron chi connectivity index (χ0n) is 13.8. The number of aromatic carboxylic acids is 1. The summed E-state index contributed by atoms with van der Waals surface area (Å²) in [6.45, 7) is 1.70. The average molecular weight is 349 g/mol. The highest BCUT2D eigenvalue weighted by Crippen LogP contribution is 2.25. The molecule has 0 atom stereocenters. The maximum Gasteiger partial charge on any atom is 0.335 e. The average Bonchev–Trinajstić information content (AvgIpc) is 2.90. The Labute approximate surface area is 149 Å². The number of primary amides is 1. The van der Waals surface area contributed by atoms with Crippen LogP contribution in [0, 0.1) is 0 Å². The fraction of sp³-hybridized carbons (Fsp3) is 0.0526. The molecule has 0 bridgehead atoms. The standard InChI is InChI=1S/C19H15N3O4/c1-11-16(9-12-5-7-13(8-6-12)17(20)23)18(24)22(21-11)15-4-2-3-14(10-15)19(25)26/h2-10H,1H3,(H2,20,23)(H,25,26)/b16-9+. The molecule has 3 N–H and O–H groups in total. The molecule has 2 aromatic rings. The van der Waals surface area contributed by atoms with Crippen LogP contribution in [0.15, 0.2) is 59.2 Å². The Hall–Kier alpha value is -3.74. The number of rotatable bonds is 4. The molecule has 2 aromatic carbocycles. The van der Waals surface area contributed by atoms with Gasteiger partial charge in [0, 0.05) is 5.56 Å². The van der Waals surface area contributed by atoms with E-state index in [0.29, 0.717) is 28.1 Å². The van der Waals surface area contributed by atoms with E-state index in [0.717, 1.165) is 0 Å². The number of hydrazone groups is 1. The van der Waals surface area contributed by atoms with Crippen LogP contribution in [0.5, 0.6) is 0 Å². The summed E-state index contributed by atoms with van der Waals surface area (Å²) in [5.41, 5.74) is 7.65. The lowest BCUT2D eigenvalue weighted by atomic mass is 10.1. The molecule has 1 aliphatic heterocycles. The van der Waals surface area contributed by atoms with E-state index >= 15 is 0 Å². The largest absolute Gasteiger partial charge is 0.478 e. The fourth-order valence-electron chi connectivity index (χ4n) is 2.54. The third-order valence-corrected chi connectivity index (χ3v) is 3.91. The third kappa shape index (κ3) is 3.23. The highest BCUT2D eigenvalue weighted by molar-refractivity contribution is 6.32. The highest BCUT2D eigenvalue weighted by atomic mass is 16.4. The highest BCUT2D eigenvalue weighted by Gasteiger charge is 2.29. The maximum atomic E-state index is 12.7. The van der Waals surface area contributed by atoms with Crippen molar-refractivity contribution in [1.29, 1.82) is 0 Å². The number of hydrogen-bond donors (Lipinski definition) is 2. The number of nitrogens with two attached hydrogens (primary N) is 1. The molecule has 0 radical (unpaired) electrons. The second kappa shape index (κ2) is 6.64. The van der Waals surface area contributed by atoms with Crippen LogP contribution in [-0.2, 0) is 4.79 Å². The Balaban J connectivity index is 1.91. The van der Waals surface area contributed by atoms with Crippen LogP contribution < -0.4 is 10.7 Å². The van der Waals surface area contributed by atoms with E-state index in [1.54, 1.807) is 49.4 Å². The molecule has 130 valence electrons. The minimum absolute atomic E-state index is 0.0719. The van der Waals surface area contributed by atoms with Gasteiger partial charge in [0.25, 0.3) is 5.91 Å². The minimum atomic E-state index is -1.08. The summed E-state index contributed by atoms with van der Waals surface area (Å²) in [6, 6.07) is 12.5. The first-order valence-corrected chi connectivity index (χ1v) is 7.72. The Morgan fingerprint density at radius 1 is 1.12 bits per heavy atom. The van der Waals surface area contributed by atoms with E-state index in [4.69, 9.17) is 10.8 Å². The molecule has 1 aliphatic rings. The molecule has 0 saturated heterocycles. The number of carboxylic acids is 1. The molecular formula is C19H15N3O4. The van der Waals surface area contributed by atoms with E-state index in [-0.39, 0.29) is 11.5 Å². The van der Waals surface area contributed by atoms with E-state index < -0.39 is 11.9 Å². The van der Waals surface area contributed by atoms with Crippen molar-refractivity contribution in [2.45, 2.75) is 6.92 Å². The van der Waals surface area contributed by atoms with Crippen LogP contribution in [0.2, 0.25) is 0 Å². The molecule has 0 spiro atoms. The monoisotopic (exact) mass is 349 g/mol. The normalized spacial score (nSPS) is 15.3. The lowest BCUT2D eigenvalue weighted by molar-refractivity contribution is -0.114. The van der Waals surface area contributed by atoms with E-state index in [9.17, 15) is 14.4 Å². The van der Waals surface area contributed by atoms with Gasteiger partial charge in [-0.3, -0.25) is 9.59 Å². The quantitative estimate of drug-likeness (QED) is 0.824. The smallest absolute Gasteiger partial charge is 0.335 e. The predicted molar refractivity (Wildman–Crippen MR) is 96.9 cm³/mol. The first-order chi connectivity index (χ1) is 12.4. The molecule has 26 heavy (non-hydrogen) atoms.